The highest BCUT2D eigenvalue weighted by molar-refractivity contribution is 5.72. The second-order valence-electron chi connectivity index (χ2n) is 6.32. The third kappa shape index (κ3) is 6.98. The Morgan fingerprint density at radius 1 is 0.533 bits per heavy atom. The Hall–Kier alpha value is -3.80. The molecule has 0 saturated carbocycles. The van der Waals surface area contributed by atoms with Crippen molar-refractivity contribution in [1.29, 1.82) is 0 Å². The largest absolute Gasteiger partial charge is 0.478 e. The number of para-hydroxylation sites is 2. The lowest BCUT2D eigenvalue weighted by molar-refractivity contribution is -0.148. The molecule has 154 valence electrons. The van der Waals surface area contributed by atoms with Crippen molar-refractivity contribution in [2.24, 2.45) is 0 Å². The predicted molar refractivity (Wildman–Crippen MR) is 110 cm³/mol. The smallest absolute Gasteiger partial charge is 0.344 e. The van der Waals surface area contributed by atoms with Gasteiger partial charge in [-0.05, 0) is 23.3 Å². The van der Waals surface area contributed by atoms with E-state index in [1.807, 2.05) is 60.7 Å². The van der Waals surface area contributed by atoms with Crippen molar-refractivity contribution < 1.29 is 28.5 Å². The molecule has 0 atom stereocenters. The molecule has 6 nitrogen and oxygen atoms in total. The first-order chi connectivity index (χ1) is 14.7. The molecule has 0 spiro atoms. The molecule has 0 aromatic heterocycles. The molecule has 3 rings (SSSR count). The van der Waals surface area contributed by atoms with Crippen molar-refractivity contribution in [1.82, 2.24) is 0 Å². The summed E-state index contributed by atoms with van der Waals surface area (Å²) in [5.74, 6) is -0.332. The topological polar surface area (TPSA) is 71.1 Å². The fraction of sp³-hybridized carbons (Fsp3) is 0.167. The summed E-state index contributed by atoms with van der Waals surface area (Å²) in [7, 11) is 0. The zero-order valence-corrected chi connectivity index (χ0v) is 16.4. The zero-order valence-electron chi connectivity index (χ0n) is 16.4. The molecule has 6 heteroatoms. The quantitative estimate of drug-likeness (QED) is 0.475. The van der Waals surface area contributed by atoms with E-state index in [0.717, 1.165) is 11.1 Å². The second-order valence-corrected chi connectivity index (χ2v) is 6.32. The van der Waals surface area contributed by atoms with Crippen LogP contribution in [-0.2, 0) is 32.3 Å². The summed E-state index contributed by atoms with van der Waals surface area (Å²) in [6.07, 6.45) is 0. The number of hydrogen-bond donors (Lipinski definition) is 0. The fourth-order valence-electron chi connectivity index (χ4n) is 2.52. The summed E-state index contributed by atoms with van der Waals surface area (Å²) < 4.78 is 21.4. The number of rotatable bonds is 10. The van der Waals surface area contributed by atoms with Crippen molar-refractivity contribution in [2.75, 3.05) is 13.2 Å². The SMILES string of the molecule is O=C(COc1ccccc1OCC(=O)OCc1ccccc1)OCc1ccccc1. The maximum atomic E-state index is 11.9. The Labute approximate surface area is 175 Å². The summed E-state index contributed by atoms with van der Waals surface area (Å²) >= 11 is 0. The summed E-state index contributed by atoms with van der Waals surface area (Å²) in [5, 5.41) is 0. The van der Waals surface area contributed by atoms with Crippen LogP contribution in [0, 0.1) is 0 Å². The van der Waals surface area contributed by atoms with Crippen LogP contribution in [-0.4, -0.2) is 25.2 Å². The maximum Gasteiger partial charge on any atom is 0.344 e. The van der Waals surface area contributed by atoms with Crippen LogP contribution in [0.3, 0.4) is 0 Å². The van der Waals surface area contributed by atoms with Crippen LogP contribution in [0.1, 0.15) is 11.1 Å². The van der Waals surface area contributed by atoms with Crippen LogP contribution >= 0.6 is 0 Å². The van der Waals surface area contributed by atoms with Gasteiger partial charge in [0.15, 0.2) is 24.7 Å². The van der Waals surface area contributed by atoms with Gasteiger partial charge in [-0.2, -0.15) is 0 Å². The molecule has 0 aliphatic heterocycles. The van der Waals surface area contributed by atoms with E-state index in [-0.39, 0.29) is 26.4 Å². The Bertz CT molecular complexity index is 862. The van der Waals surface area contributed by atoms with Crippen LogP contribution in [0.2, 0.25) is 0 Å². The van der Waals surface area contributed by atoms with Gasteiger partial charge in [-0.15, -0.1) is 0 Å². The molecule has 0 unspecified atom stereocenters. The summed E-state index contributed by atoms with van der Waals surface area (Å²) in [4.78, 5) is 23.8. The monoisotopic (exact) mass is 406 g/mol. The van der Waals surface area contributed by atoms with Crippen molar-refractivity contribution >= 4 is 11.9 Å². The molecule has 0 fully saturated rings. The van der Waals surface area contributed by atoms with Crippen LogP contribution < -0.4 is 9.47 Å². The van der Waals surface area contributed by atoms with Gasteiger partial charge in [-0.3, -0.25) is 0 Å². The Morgan fingerprint density at radius 3 is 1.30 bits per heavy atom. The normalized spacial score (nSPS) is 10.1. The van der Waals surface area contributed by atoms with Crippen LogP contribution in [0.4, 0.5) is 0 Å². The van der Waals surface area contributed by atoms with Gasteiger partial charge in [0.1, 0.15) is 13.2 Å². The lowest BCUT2D eigenvalue weighted by atomic mass is 10.2. The highest BCUT2D eigenvalue weighted by atomic mass is 16.6. The van der Waals surface area contributed by atoms with Crippen molar-refractivity contribution in [3.8, 4) is 11.5 Å². The first kappa shape index (κ1) is 20.9. The minimum Gasteiger partial charge on any atom is -0.478 e. The van der Waals surface area contributed by atoms with Gasteiger partial charge in [0.25, 0.3) is 0 Å². The Morgan fingerprint density at radius 2 is 0.900 bits per heavy atom. The van der Waals surface area contributed by atoms with Gasteiger partial charge >= 0.3 is 11.9 Å². The molecular weight excluding hydrogens is 384 g/mol. The summed E-state index contributed by atoms with van der Waals surface area (Å²) in [6.45, 7) is -0.194. The third-order valence-corrected chi connectivity index (χ3v) is 4.03. The highest BCUT2D eigenvalue weighted by Crippen LogP contribution is 2.26. The highest BCUT2D eigenvalue weighted by Gasteiger charge is 2.11. The number of hydrogen-bond acceptors (Lipinski definition) is 6. The molecule has 0 aliphatic rings. The fourth-order valence-corrected chi connectivity index (χ4v) is 2.52. The first-order valence-electron chi connectivity index (χ1n) is 9.44. The van der Waals surface area contributed by atoms with E-state index >= 15 is 0 Å². The van der Waals surface area contributed by atoms with Crippen LogP contribution in [0.5, 0.6) is 11.5 Å². The van der Waals surface area contributed by atoms with E-state index in [1.165, 1.54) is 0 Å². The van der Waals surface area contributed by atoms with E-state index in [4.69, 9.17) is 18.9 Å². The number of ether oxygens (including phenoxy) is 4. The lowest BCUT2D eigenvalue weighted by Crippen LogP contribution is -2.17. The molecule has 3 aromatic carbocycles. The first-order valence-corrected chi connectivity index (χ1v) is 9.44. The number of carbonyl (C=O) groups excluding carboxylic acids is 2. The Kier molecular flexibility index (Phi) is 7.85. The van der Waals surface area contributed by atoms with E-state index in [1.54, 1.807) is 24.3 Å². The number of esters is 2. The Balaban J connectivity index is 1.43. The van der Waals surface area contributed by atoms with Gasteiger partial charge in [-0.1, -0.05) is 72.8 Å². The molecule has 0 amide bonds. The average molecular weight is 406 g/mol. The zero-order chi connectivity index (χ0) is 21.0. The van der Waals surface area contributed by atoms with E-state index in [2.05, 4.69) is 0 Å². The number of carbonyl (C=O) groups is 2. The van der Waals surface area contributed by atoms with Crippen molar-refractivity contribution in [2.45, 2.75) is 13.2 Å². The van der Waals surface area contributed by atoms with Gasteiger partial charge in [0, 0.05) is 0 Å². The summed E-state index contributed by atoms with van der Waals surface area (Å²) in [5.41, 5.74) is 1.78. The molecule has 0 N–H and O–H groups in total. The molecule has 30 heavy (non-hydrogen) atoms. The molecule has 0 heterocycles. The van der Waals surface area contributed by atoms with Gasteiger partial charge in [0.2, 0.25) is 0 Å². The summed E-state index contributed by atoms with van der Waals surface area (Å²) in [6, 6.07) is 25.5. The molecular formula is C24H22O6. The predicted octanol–water partition coefficient (Wildman–Crippen LogP) is 3.93. The average Bonchev–Trinajstić information content (AvgIpc) is 2.80. The van der Waals surface area contributed by atoms with Crippen molar-refractivity contribution in [3.63, 3.8) is 0 Å². The van der Waals surface area contributed by atoms with E-state index in [9.17, 15) is 9.59 Å². The van der Waals surface area contributed by atoms with E-state index < -0.39 is 11.9 Å². The molecule has 0 aliphatic carbocycles. The molecule has 0 saturated heterocycles. The molecule has 3 aromatic rings. The van der Waals surface area contributed by atoms with Gasteiger partial charge in [-0.25, -0.2) is 9.59 Å². The van der Waals surface area contributed by atoms with Crippen LogP contribution in [0.25, 0.3) is 0 Å². The van der Waals surface area contributed by atoms with E-state index in [0.29, 0.717) is 11.5 Å². The maximum absolute atomic E-state index is 11.9. The number of benzene rings is 3. The van der Waals surface area contributed by atoms with Gasteiger partial charge in [0.05, 0.1) is 0 Å². The van der Waals surface area contributed by atoms with Crippen molar-refractivity contribution in [3.05, 3.63) is 96.1 Å². The third-order valence-electron chi connectivity index (χ3n) is 4.03. The molecule has 0 radical (unpaired) electrons. The standard InChI is InChI=1S/C24H22O6/c25-23(29-15-19-9-3-1-4-10-19)17-27-21-13-7-8-14-22(21)28-18-24(26)30-16-20-11-5-2-6-12-20/h1-14H,15-18H2. The minimum atomic E-state index is -0.504. The van der Waals surface area contributed by atoms with Gasteiger partial charge < -0.3 is 18.9 Å². The lowest BCUT2D eigenvalue weighted by Gasteiger charge is -2.12. The second kappa shape index (κ2) is 11.3. The molecule has 0 bridgehead atoms. The minimum absolute atomic E-state index is 0.175. The van der Waals surface area contributed by atoms with Crippen LogP contribution in [0.15, 0.2) is 84.9 Å².